The fourth-order valence-electron chi connectivity index (χ4n) is 2.14. The summed E-state index contributed by atoms with van der Waals surface area (Å²) in [6.07, 6.45) is 0. The van der Waals surface area contributed by atoms with Crippen LogP contribution in [0.4, 0.5) is 5.69 Å². The average Bonchev–Trinajstić information content (AvgIpc) is 2.47. The van der Waals surface area contributed by atoms with Crippen molar-refractivity contribution in [1.29, 1.82) is 0 Å². The highest BCUT2D eigenvalue weighted by molar-refractivity contribution is 7.99. The number of nitrogens with zero attached hydrogens (tertiary/aromatic N) is 1. The van der Waals surface area contributed by atoms with E-state index in [0.717, 1.165) is 25.3 Å². The van der Waals surface area contributed by atoms with Crippen LogP contribution < -0.4 is 11.1 Å². The predicted octanol–water partition coefficient (Wildman–Crippen LogP) is 1.77. The summed E-state index contributed by atoms with van der Waals surface area (Å²) in [4.78, 5) is 14.3. The molecule has 0 aromatic heterocycles. The van der Waals surface area contributed by atoms with Gasteiger partial charge in [-0.1, -0.05) is 19.1 Å². The SMILES string of the molecule is CC(CN)C(=O)Nc1cccc(CN2CCSCC2)c1. The van der Waals surface area contributed by atoms with Gasteiger partial charge in [0, 0.05) is 49.3 Å². The van der Waals surface area contributed by atoms with E-state index in [1.54, 1.807) is 0 Å². The summed E-state index contributed by atoms with van der Waals surface area (Å²) in [7, 11) is 0. The van der Waals surface area contributed by atoms with E-state index in [1.165, 1.54) is 17.1 Å². The molecule has 4 nitrogen and oxygen atoms in total. The van der Waals surface area contributed by atoms with Crippen molar-refractivity contribution in [3.8, 4) is 0 Å². The Morgan fingerprint density at radius 3 is 2.90 bits per heavy atom. The minimum absolute atomic E-state index is 0.0148. The second kappa shape index (κ2) is 7.67. The zero-order chi connectivity index (χ0) is 14.4. The van der Waals surface area contributed by atoms with Gasteiger partial charge in [-0.3, -0.25) is 9.69 Å². The van der Waals surface area contributed by atoms with E-state index in [9.17, 15) is 4.79 Å². The maximum absolute atomic E-state index is 11.8. The smallest absolute Gasteiger partial charge is 0.228 e. The van der Waals surface area contributed by atoms with E-state index in [2.05, 4.69) is 22.3 Å². The van der Waals surface area contributed by atoms with Gasteiger partial charge in [-0.25, -0.2) is 0 Å². The van der Waals surface area contributed by atoms with Crippen LogP contribution in [0.15, 0.2) is 24.3 Å². The van der Waals surface area contributed by atoms with Crippen molar-refractivity contribution < 1.29 is 4.79 Å². The summed E-state index contributed by atoms with van der Waals surface area (Å²) < 4.78 is 0. The Labute approximate surface area is 125 Å². The van der Waals surface area contributed by atoms with Gasteiger partial charge >= 0.3 is 0 Å². The summed E-state index contributed by atoms with van der Waals surface area (Å²) in [6, 6.07) is 8.10. The van der Waals surface area contributed by atoms with Crippen LogP contribution in [0.2, 0.25) is 0 Å². The van der Waals surface area contributed by atoms with Crippen LogP contribution in [0.5, 0.6) is 0 Å². The summed E-state index contributed by atoms with van der Waals surface area (Å²) in [5, 5.41) is 2.93. The molecule has 0 aliphatic carbocycles. The normalized spacial score (nSPS) is 17.7. The molecule has 1 aromatic carbocycles. The molecule has 1 aliphatic rings. The molecule has 1 aromatic rings. The topological polar surface area (TPSA) is 58.4 Å². The molecule has 0 saturated carbocycles. The molecule has 0 radical (unpaired) electrons. The number of carbonyl (C=O) groups is 1. The molecule has 1 unspecified atom stereocenters. The zero-order valence-corrected chi connectivity index (χ0v) is 12.8. The molecule has 1 heterocycles. The quantitative estimate of drug-likeness (QED) is 0.868. The monoisotopic (exact) mass is 293 g/mol. The fourth-order valence-corrected chi connectivity index (χ4v) is 3.12. The van der Waals surface area contributed by atoms with Crippen LogP contribution >= 0.6 is 11.8 Å². The first-order chi connectivity index (χ1) is 9.69. The van der Waals surface area contributed by atoms with Gasteiger partial charge in [0.1, 0.15) is 0 Å². The van der Waals surface area contributed by atoms with E-state index >= 15 is 0 Å². The number of nitrogens with one attached hydrogen (secondary N) is 1. The largest absolute Gasteiger partial charge is 0.330 e. The van der Waals surface area contributed by atoms with E-state index in [-0.39, 0.29) is 11.8 Å². The van der Waals surface area contributed by atoms with E-state index < -0.39 is 0 Å². The van der Waals surface area contributed by atoms with Gasteiger partial charge in [0.25, 0.3) is 0 Å². The molecule has 2 rings (SSSR count). The number of carbonyl (C=O) groups excluding carboxylic acids is 1. The summed E-state index contributed by atoms with van der Waals surface area (Å²) >= 11 is 2.02. The van der Waals surface area contributed by atoms with Crippen LogP contribution in [0, 0.1) is 5.92 Å². The predicted molar refractivity (Wildman–Crippen MR) is 85.9 cm³/mol. The minimum atomic E-state index is -0.155. The Hall–Kier alpha value is -1.04. The molecule has 3 N–H and O–H groups in total. The number of hydrogen-bond acceptors (Lipinski definition) is 4. The van der Waals surface area contributed by atoms with Gasteiger partial charge in [-0.15, -0.1) is 0 Å². The third kappa shape index (κ3) is 4.51. The Kier molecular flexibility index (Phi) is 5.88. The number of amides is 1. The van der Waals surface area contributed by atoms with Crippen molar-refractivity contribution in [2.24, 2.45) is 11.7 Å². The summed E-state index contributed by atoms with van der Waals surface area (Å²) in [6.45, 7) is 5.45. The standard InChI is InChI=1S/C15H23N3OS/c1-12(10-16)15(19)17-14-4-2-3-13(9-14)11-18-5-7-20-8-6-18/h2-4,9,12H,5-8,10-11,16H2,1H3,(H,17,19). The van der Waals surface area contributed by atoms with E-state index in [4.69, 9.17) is 5.73 Å². The number of rotatable bonds is 5. The highest BCUT2D eigenvalue weighted by Gasteiger charge is 2.13. The molecular formula is C15H23N3OS. The van der Waals surface area contributed by atoms with Gasteiger partial charge in [0.2, 0.25) is 5.91 Å². The lowest BCUT2D eigenvalue weighted by molar-refractivity contribution is -0.119. The molecule has 0 spiro atoms. The third-order valence-electron chi connectivity index (χ3n) is 3.51. The fraction of sp³-hybridized carbons (Fsp3) is 0.533. The Bertz CT molecular complexity index is 446. The molecule has 5 heteroatoms. The second-order valence-corrected chi connectivity index (χ2v) is 6.44. The van der Waals surface area contributed by atoms with Crippen LogP contribution in [-0.4, -0.2) is 41.9 Å². The lowest BCUT2D eigenvalue weighted by atomic mass is 10.1. The first-order valence-corrected chi connectivity index (χ1v) is 8.24. The Morgan fingerprint density at radius 2 is 2.20 bits per heavy atom. The zero-order valence-electron chi connectivity index (χ0n) is 12.0. The van der Waals surface area contributed by atoms with Gasteiger partial charge in [-0.2, -0.15) is 11.8 Å². The molecule has 1 fully saturated rings. The van der Waals surface area contributed by atoms with Crippen molar-refractivity contribution in [1.82, 2.24) is 4.90 Å². The van der Waals surface area contributed by atoms with Crippen LogP contribution in [0.3, 0.4) is 0 Å². The number of hydrogen-bond donors (Lipinski definition) is 2. The van der Waals surface area contributed by atoms with Crippen LogP contribution in [0.25, 0.3) is 0 Å². The maximum Gasteiger partial charge on any atom is 0.228 e. The Morgan fingerprint density at radius 1 is 1.45 bits per heavy atom. The van der Waals surface area contributed by atoms with Crippen LogP contribution in [-0.2, 0) is 11.3 Å². The first kappa shape index (κ1) is 15.4. The highest BCUT2D eigenvalue weighted by Crippen LogP contribution is 2.16. The average molecular weight is 293 g/mol. The van der Waals surface area contributed by atoms with Gasteiger partial charge in [0.05, 0.1) is 0 Å². The molecule has 110 valence electrons. The van der Waals surface area contributed by atoms with Crippen molar-refractivity contribution in [3.05, 3.63) is 29.8 Å². The molecular weight excluding hydrogens is 270 g/mol. The molecule has 20 heavy (non-hydrogen) atoms. The maximum atomic E-state index is 11.8. The lowest BCUT2D eigenvalue weighted by Gasteiger charge is -2.26. The molecule has 1 atom stereocenters. The van der Waals surface area contributed by atoms with Crippen molar-refractivity contribution in [3.63, 3.8) is 0 Å². The lowest BCUT2D eigenvalue weighted by Crippen LogP contribution is -2.32. The Balaban J connectivity index is 1.94. The van der Waals surface area contributed by atoms with Crippen LogP contribution in [0.1, 0.15) is 12.5 Å². The first-order valence-electron chi connectivity index (χ1n) is 7.09. The number of anilines is 1. The van der Waals surface area contributed by atoms with E-state index in [1.807, 2.05) is 30.8 Å². The summed E-state index contributed by atoms with van der Waals surface area (Å²) in [5.41, 5.74) is 7.62. The van der Waals surface area contributed by atoms with Crippen molar-refractivity contribution >= 4 is 23.4 Å². The molecule has 1 saturated heterocycles. The van der Waals surface area contributed by atoms with Gasteiger partial charge in [0.15, 0.2) is 0 Å². The highest BCUT2D eigenvalue weighted by atomic mass is 32.2. The van der Waals surface area contributed by atoms with Crippen molar-refractivity contribution in [2.45, 2.75) is 13.5 Å². The number of benzene rings is 1. The molecule has 1 amide bonds. The number of nitrogens with two attached hydrogens (primary N) is 1. The van der Waals surface area contributed by atoms with E-state index in [0.29, 0.717) is 6.54 Å². The van der Waals surface area contributed by atoms with Crippen molar-refractivity contribution in [2.75, 3.05) is 36.5 Å². The number of thioether (sulfide) groups is 1. The minimum Gasteiger partial charge on any atom is -0.330 e. The summed E-state index contributed by atoms with van der Waals surface area (Å²) in [5.74, 6) is 2.26. The third-order valence-corrected chi connectivity index (χ3v) is 4.45. The molecule has 1 aliphatic heterocycles. The second-order valence-electron chi connectivity index (χ2n) is 5.21. The van der Waals surface area contributed by atoms with Gasteiger partial charge in [-0.05, 0) is 17.7 Å². The van der Waals surface area contributed by atoms with Gasteiger partial charge < -0.3 is 11.1 Å². The molecule has 0 bridgehead atoms.